The molecular weight excluding hydrogens is 192 g/mol. The van der Waals surface area contributed by atoms with Crippen LogP contribution in [0.25, 0.3) is 0 Å². The number of aromatic nitrogens is 1. The molecule has 0 bridgehead atoms. The van der Waals surface area contributed by atoms with Gasteiger partial charge < -0.3 is 15.4 Å². The van der Waals surface area contributed by atoms with E-state index in [2.05, 4.69) is 10.3 Å². The zero-order chi connectivity index (χ0) is 10.7. The van der Waals surface area contributed by atoms with E-state index in [0.29, 0.717) is 5.56 Å². The van der Waals surface area contributed by atoms with Gasteiger partial charge in [0.1, 0.15) is 0 Å². The van der Waals surface area contributed by atoms with Gasteiger partial charge in [0.15, 0.2) is 0 Å². The number of aliphatic hydroxyl groups is 1. The Morgan fingerprint density at radius 1 is 1.47 bits per heavy atom. The molecular formula is C11H16N2O2. The fourth-order valence-corrected chi connectivity index (χ4v) is 2.00. The second-order valence-electron chi connectivity index (χ2n) is 4.03. The molecule has 3 N–H and O–H groups in total. The molecule has 0 radical (unpaired) electrons. The van der Waals surface area contributed by atoms with E-state index < -0.39 is 0 Å². The minimum absolute atomic E-state index is 0.0823. The van der Waals surface area contributed by atoms with Crippen molar-refractivity contribution >= 4 is 5.91 Å². The number of carbonyl (C=O) groups is 1. The van der Waals surface area contributed by atoms with Crippen molar-refractivity contribution in [3.63, 3.8) is 0 Å². The van der Waals surface area contributed by atoms with Crippen molar-refractivity contribution in [1.29, 1.82) is 0 Å². The molecule has 0 spiro atoms. The molecule has 1 heterocycles. The first-order valence-corrected chi connectivity index (χ1v) is 5.39. The summed E-state index contributed by atoms with van der Waals surface area (Å²) in [5.41, 5.74) is 0.618. The quantitative estimate of drug-likeness (QED) is 0.680. The Morgan fingerprint density at radius 2 is 2.27 bits per heavy atom. The van der Waals surface area contributed by atoms with Crippen LogP contribution < -0.4 is 5.32 Å². The molecule has 2 atom stereocenters. The average Bonchev–Trinajstić information content (AvgIpc) is 2.74. The van der Waals surface area contributed by atoms with Gasteiger partial charge in [-0.2, -0.15) is 0 Å². The van der Waals surface area contributed by atoms with Gasteiger partial charge in [-0.05, 0) is 18.9 Å². The van der Waals surface area contributed by atoms with Crippen molar-refractivity contribution in [3.8, 4) is 0 Å². The van der Waals surface area contributed by atoms with Gasteiger partial charge in [-0.15, -0.1) is 0 Å². The number of hydrogen-bond acceptors (Lipinski definition) is 2. The molecule has 0 saturated heterocycles. The fourth-order valence-electron chi connectivity index (χ4n) is 2.00. The predicted octanol–water partition coefficient (Wildman–Crippen LogP) is 1.05. The predicted molar refractivity (Wildman–Crippen MR) is 56.5 cm³/mol. The van der Waals surface area contributed by atoms with Crippen LogP contribution in [0.2, 0.25) is 0 Å². The number of rotatable bonds is 2. The van der Waals surface area contributed by atoms with Gasteiger partial charge in [-0.1, -0.05) is 12.8 Å². The van der Waals surface area contributed by atoms with Gasteiger partial charge in [0.05, 0.1) is 17.7 Å². The Morgan fingerprint density at radius 3 is 2.93 bits per heavy atom. The summed E-state index contributed by atoms with van der Waals surface area (Å²) in [5, 5.41) is 12.6. The van der Waals surface area contributed by atoms with Crippen LogP contribution in [0, 0.1) is 0 Å². The fraction of sp³-hybridized carbons (Fsp3) is 0.545. The standard InChI is InChI=1S/C11H16N2O2/c14-10-4-2-1-3-9(10)13-11(15)8-5-6-12-7-8/h5-7,9-10,12,14H,1-4H2,(H,13,15)/t9-,10-/m1/s1. The van der Waals surface area contributed by atoms with E-state index in [0.717, 1.165) is 25.7 Å². The van der Waals surface area contributed by atoms with Crippen LogP contribution in [0.4, 0.5) is 0 Å². The lowest BCUT2D eigenvalue weighted by molar-refractivity contribution is 0.0717. The Bertz CT molecular complexity index is 321. The minimum Gasteiger partial charge on any atom is -0.391 e. The van der Waals surface area contributed by atoms with Crippen molar-refractivity contribution in [2.75, 3.05) is 0 Å². The summed E-state index contributed by atoms with van der Waals surface area (Å²) in [6.07, 6.45) is 6.78. The lowest BCUT2D eigenvalue weighted by Crippen LogP contribution is -2.44. The van der Waals surface area contributed by atoms with Crippen LogP contribution in [-0.4, -0.2) is 28.1 Å². The van der Waals surface area contributed by atoms with Crippen molar-refractivity contribution in [3.05, 3.63) is 24.0 Å². The highest BCUT2D eigenvalue weighted by Crippen LogP contribution is 2.18. The van der Waals surface area contributed by atoms with E-state index in [-0.39, 0.29) is 18.1 Å². The molecule has 4 nitrogen and oxygen atoms in total. The van der Waals surface area contributed by atoms with Crippen molar-refractivity contribution in [1.82, 2.24) is 10.3 Å². The number of nitrogens with one attached hydrogen (secondary N) is 2. The monoisotopic (exact) mass is 208 g/mol. The van der Waals surface area contributed by atoms with E-state index in [9.17, 15) is 9.90 Å². The zero-order valence-corrected chi connectivity index (χ0v) is 8.57. The first-order valence-electron chi connectivity index (χ1n) is 5.39. The van der Waals surface area contributed by atoms with Gasteiger partial charge in [0.25, 0.3) is 5.91 Å². The Kier molecular flexibility index (Phi) is 3.06. The summed E-state index contributed by atoms with van der Waals surface area (Å²) in [4.78, 5) is 14.5. The Balaban J connectivity index is 1.93. The number of aliphatic hydroxyl groups excluding tert-OH is 1. The van der Waals surface area contributed by atoms with E-state index in [1.54, 1.807) is 18.5 Å². The molecule has 4 heteroatoms. The number of aromatic amines is 1. The van der Waals surface area contributed by atoms with Gasteiger partial charge in [-0.25, -0.2) is 0 Å². The van der Waals surface area contributed by atoms with Crippen molar-refractivity contribution in [2.45, 2.75) is 37.8 Å². The highest BCUT2D eigenvalue weighted by Gasteiger charge is 2.24. The molecule has 0 aliphatic heterocycles. The number of amides is 1. The largest absolute Gasteiger partial charge is 0.391 e. The van der Waals surface area contributed by atoms with Crippen LogP contribution in [0.15, 0.2) is 18.5 Å². The molecule has 2 rings (SSSR count). The molecule has 1 saturated carbocycles. The van der Waals surface area contributed by atoms with E-state index in [1.165, 1.54) is 0 Å². The van der Waals surface area contributed by atoms with Crippen molar-refractivity contribution < 1.29 is 9.90 Å². The molecule has 1 aromatic rings. The molecule has 0 aromatic carbocycles. The number of H-pyrrole nitrogens is 1. The second kappa shape index (κ2) is 4.49. The highest BCUT2D eigenvalue weighted by molar-refractivity contribution is 5.94. The summed E-state index contributed by atoms with van der Waals surface area (Å²) in [6.45, 7) is 0. The smallest absolute Gasteiger partial charge is 0.253 e. The lowest BCUT2D eigenvalue weighted by Gasteiger charge is -2.28. The van der Waals surface area contributed by atoms with Crippen LogP contribution >= 0.6 is 0 Å². The van der Waals surface area contributed by atoms with Crippen molar-refractivity contribution in [2.24, 2.45) is 0 Å². The molecule has 15 heavy (non-hydrogen) atoms. The highest BCUT2D eigenvalue weighted by atomic mass is 16.3. The molecule has 1 aromatic heterocycles. The first-order chi connectivity index (χ1) is 7.27. The van der Waals surface area contributed by atoms with Gasteiger partial charge in [0.2, 0.25) is 0 Å². The summed E-state index contributed by atoms with van der Waals surface area (Å²) in [6, 6.07) is 1.64. The molecule has 82 valence electrons. The Labute approximate surface area is 88.7 Å². The summed E-state index contributed by atoms with van der Waals surface area (Å²) >= 11 is 0. The summed E-state index contributed by atoms with van der Waals surface area (Å²) in [7, 11) is 0. The summed E-state index contributed by atoms with van der Waals surface area (Å²) < 4.78 is 0. The third-order valence-electron chi connectivity index (χ3n) is 2.91. The maximum atomic E-state index is 11.7. The van der Waals surface area contributed by atoms with E-state index >= 15 is 0 Å². The Hall–Kier alpha value is -1.29. The topological polar surface area (TPSA) is 65.1 Å². The molecule has 1 amide bonds. The molecule has 1 aliphatic carbocycles. The lowest BCUT2D eigenvalue weighted by atomic mass is 9.92. The first kappa shape index (κ1) is 10.2. The van der Waals surface area contributed by atoms with E-state index in [4.69, 9.17) is 0 Å². The summed E-state index contributed by atoms with van der Waals surface area (Å²) in [5.74, 6) is -0.109. The molecule has 0 unspecified atom stereocenters. The third-order valence-corrected chi connectivity index (χ3v) is 2.91. The molecule has 1 fully saturated rings. The minimum atomic E-state index is -0.387. The third kappa shape index (κ3) is 2.39. The SMILES string of the molecule is O=C(N[C@@H]1CCCC[C@H]1O)c1cc[nH]c1. The van der Waals surface area contributed by atoms with Gasteiger partial charge in [-0.3, -0.25) is 4.79 Å². The van der Waals surface area contributed by atoms with Crippen LogP contribution in [-0.2, 0) is 0 Å². The number of carbonyl (C=O) groups excluding carboxylic acids is 1. The number of hydrogen-bond donors (Lipinski definition) is 3. The van der Waals surface area contributed by atoms with Gasteiger partial charge >= 0.3 is 0 Å². The van der Waals surface area contributed by atoms with Crippen LogP contribution in [0.5, 0.6) is 0 Å². The molecule has 1 aliphatic rings. The van der Waals surface area contributed by atoms with E-state index in [1.807, 2.05) is 0 Å². The maximum Gasteiger partial charge on any atom is 0.253 e. The zero-order valence-electron chi connectivity index (χ0n) is 8.57. The van der Waals surface area contributed by atoms with Gasteiger partial charge in [0, 0.05) is 12.4 Å². The normalized spacial score (nSPS) is 26.2. The maximum absolute atomic E-state index is 11.7. The van der Waals surface area contributed by atoms with Crippen LogP contribution in [0.3, 0.4) is 0 Å². The average molecular weight is 208 g/mol. The van der Waals surface area contributed by atoms with Crippen LogP contribution in [0.1, 0.15) is 36.0 Å². The second-order valence-corrected chi connectivity index (χ2v) is 4.03.